The van der Waals surface area contributed by atoms with Gasteiger partial charge in [-0.1, -0.05) is 72.8 Å². The lowest BCUT2D eigenvalue weighted by molar-refractivity contribution is 1.10. The van der Waals surface area contributed by atoms with E-state index >= 15 is 0 Å². The number of para-hydroxylation sites is 3. The second kappa shape index (κ2) is 6.28. The van der Waals surface area contributed by atoms with E-state index in [4.69, 9.17) is 4.98 Å². The van der Waals surface area contributed by atoms with Crippen molar-refractivity contribution in [1.29, 1.82) is 0 Å². The lowest BCUT2D eigenvalue weighted by atomic mass is 9.99. The molecule has 4 nitrogen and oxygen atoms in total. The Morgan fingerprint density at radius 2 is 1.19 bits per heavy atom. The van der Waals surface area contributed by atoms with Gasteiger partial charge < -0.3 is 0 Å². The highest BCUT2D eigenvalue weighted by Crippen LogP contribution is 2.35. The molecule has 3 aromatic heterocycles. The summed E-state index contributed by atoms with van der Waals surface area (Å²) in [5.41, 5.74) is 6.51. The van der Waals surface area contributed by atoms with E-state index in [9.17, 15) is 4.79 Å². The van der Waals surface area contributed by atoms with Crippen LogP contribution in [-0.2, 0) is 0 Å². The first-order valence-corrected chi connectivity index (χ1v) is 10.6. The van der Waals surface area contributed by atoms with Crippen LogP contribution in [-0.4, -0.2) is 13.8 Å². The summed E-state index contributed by atoms with van der Waals surface area (Å²) in [5.74, 6) is 0. The quantitative estimate of drug-likeness (QED) is 0.243. The van der Waals surface area contributed by atoms with E-state index in [2.05, 4.69) is 22.6 Å². The molecule has 4 aromatic carbocycles. The number of rotatable bonds is 1. The van der Waals surface area contributed by atoms with Gasteiger partial charge in [0.05, 0.1) is 16.6 Å². The molecule has 32 heavy (non-hydrogen) atoms. The molecule has 0 fully saturated rings. The molecule has 0 saturated heterocycles. The van der Waals surface area contributed by atoms with Gasteiger partial charge in [0.2, 0.25) is 0 Å². The van der Waals surface area contributed by atoms with E-state index < -0.39 is 0 Å². The van der Waals surface area contributed by atoms with E-state index in [0.717, 1.165) is 49.7 Å². The molecule has 0 N–H and O–H groups in total. The molecular formula is C28H17N3O. The van der Waals surface area contributed by atoms with Crippen LogP contribution in [0.3, 0.4) is 0 Å². The van der Waals surface area contributed by atoms with Gasteiger partial charge in [-0.15, -0.1) is 0 Å². The van der Waals surface area contributed by atoms with Gasteiger partial charge in [0.15, 0.2) is 0 Å². The van der Waals surface area contributed by atoms with E-state index in [0.29, 0.717) is 5.39 Å². The predicted octanol–water partition coefficient (Wildman–Crippen LogP) is 6.07. The average Bonchev–Trinajstić information content (AvgIpc) is 3.25. The van der Waals surface area contributed by atoms with Gasteiger partial charge in [-0.2, -0.15) is 0 Å². The maximum atomic E-state index is 13.9. The monoisotopic (exact) mass is 411 g/mol. The topological polar surface area (TPSA) is 38.8 Å². The van der Waals surface area contributed by atoms with Crippen molar-refractivity contribution in [2.45, 2.75) is 0 Å². The molecule has 0 spiro atoms. The summed E-state index contributed by atoms with van der Waals surface area (Å²) in [4.78, 5) is 18.9. The van der Waals surface area contributed by atoms with Gasteiger partial charge in [-0.25, -0.2) is 4.98 Å². The molecule has 3 heterocycles. The fourth-order valence-corrected chi connectivity index (χ4v) is 4.94. The molecule has 0 amide bonds. The molecule has 0 unspecified atom stereocenters. The Kier molecular flexibility index (Phi) is 3.39. The van der Waals surface area contributed by atoms with Crippen molar-refractivity contribution in [2.75, 3.05) is 0 Å². The van der Waals surface area contributed by atoms with Gasteiger partial charge in [0.25, 0.3) is 5.56 Å². The predicted molar refractivity (Wildman–Crippen MR) is 130 cm³/mol. The minimum absolute atomic E-state index is 0.0221. The fourth-order valence-electron chi connectivity index (χ4n) is 4.94. The second-order valence-electron chi connectivity index (χ2n) is 8.03. The number of pyridine rings is 1. The molecule has 0 radical (unpaired) electrons. The Balaban J connectivity index is 1.94. The van der Waals surface area contributed by atoms with Crippen LogP contribution < -0.4 is 5.56 Å². The van der Waals surface area contributed by atoms with Crippen LogP contribution in [0.4, 0.5) is 0 Å². The molecule has 0 saturated carbocycles. The lowest BCUT2D eigenvalue weighted by Gasteiger charge is -2.17. The normalized spacial score (nSPS) is 11.9. The summed E-state index contributed by atoms with van der Waals surface area (Å²) >= 11 is 0. The minimum atomic E-state index is -0.0221. The van der Waals surface area contributed by atoms with E-state index in [1.165, 1.54) is 0 Å². The van der Waals surface area contributed by atoms with Gasteiger partial charge >= 0.3 is 0 Å². The van der Waals surface area contributed by atoms with E-state index in [1.54, 1.807) is 0 Å². The van der Waals surface area contributed by atoms with Crippen LogP contribution in [0.15, 0.2) is 108 Å². The smallest absolute Gasteiger partial charge is 0.264 e. The van der Waals surface area contributed by atoms with E-state index in [1.807, 2.05) is 89.3 Å². The molecule has 7 rings (SSSR count). The summed E-state index contributed by atoms with van der Waals surface area (Å²) in [5, 5.41) is 2.60. The number of fused-ring (bicyclic) bond motifs is 9. The number of hydrogen-bond donors (Lipinski definition) is 0. The molecule has 7 aromatic rings. The van der Waals surface area contributed by atoms with Gasteiger partial charge in [0, 0.05) is 16.3 Å². The van der Waals surface area contributed by atoms with Crippen molar-refractivity contribution < 1.29 is 0 Å². The van der Waals surface area contributed by atoms with Crippen LogP contribution in [0, 0.1) is 0 Å². The van der Waals surface area contributed by atoms with Crippen molar-refractivity contribution in [3.8, 4) is 11.1 Å². The number of hydrogen-bond acceptors (Lipinski definition) is 2. The van der Waals surface area contributed by atoms with Gasteiger partial charge in [-0.3, -0.25) is 13.6 Å². The number of nitrogens with zero attached hydrogens (tertiary/aromatic N) is 3. The maximum absolute atomic E-state index is 13.9. The summed E-state index contributed by atoms with van der Waals surface area (Å²) in [7, 11) is 0. The number of benzene rings is 4. The molecule has 0 aliphatic rings. The van der Waals surface area contributed by atoms with E-state index in [-0.39, 0.29) is 5.56 Å². The Hall–Kier alpha value is -4.44. The van der Waals surface area contributed by atoms with Crippen LogP contribution in [0.25, 0.3) is 55.1 Å². The summed E-state index contributed by atoms with van der Waals surface area (Å²) in [6.45, 7) is 0. The van der Waals surface area contributed by atoms with Crippen molar-refractivity contribution in [1.82, 2.24) is 13.8 Å². The Labute approximate surface area is 182 Å². The second-order valence-corrected chi connectivity index (χ2v) is 8.03. The van der Waals surface area contributed by atoms with Crippen molar-refractivity contribution in [2.24, 2.45) is 0 Å². The van der Waals surface area contributed by atoms with Crippen LogP contribution >= 0.6 is 0 Å². The van der Waals surface area contributed by atoms with Crippen LogP contribution in [0.1, 0.15) is 0 Å². The summed E-state index contributed by atoms with van der Waals surface area (Å²) < 4.78 is 4.01. The van der Waals surface area contributed by atoms with Crippen molar-refractivity contribution in [3.05, 3.63) is 113 Å². The Morgan fingerprint density at radius 1 is 0.562 bits per heavy atom. The highest BCUT2D eigenvalue weighted by Gasteiger charge is 2.21. The SMILES string of the molecule is O=c1c2ccccc2c(-c2ccccc2)c2n1c1ccccc1c1nc3ccccc3n12. The van der Waals surface area contributed by atoms with Crippen LogP contribution in [0.5, 0.6) is 0 Å². The minimum Gasteiger partial charge on any atom is -0.277 e. The van der Waals surface area contributed by atoms with Crippen molar-refractivity contribution in [3.63, 3.8) is 0 Å². The summed E-state index contributed by atoms with van der Waals surface area (Å²) in [6.07, 6.45) is 0. The number of imidazole rings is 1. The lowest BCUT2D eigenvalue weighted by Crippen LogP contribution is -2.18. The molecule has 0 bridgehead atoms. The van der Waals surface area contributed by atoms with Crippen LogP contribution in [0.2, 0.25) is 0 Å². The average molecular weight is 411 g/mol. The highest BCUT2D eigenvalue weighted by molar-refractivity contribution is 6.08. The molecule has 150 valence electrons. The summed E-state index contributed by atoms with van der Waals surface area (Å²) in [6, 6.07) is 34.3. The Morgan fingerprint density at radius 3 is 2.00 bits per heavy atom. The zero-order chi connectivity index (χ0) is 21.2. The maximum Gasteiger partial charge on any atom is 0.264 e. The fraction of sp³-hybridized carbons (Fsp3) is 0. The highest BCUT2D eigenvalue weighted by atomic mass is 16.1. The van der Waals surface area contributed by atoms with Gasteiger partial charge in [0.1, 0.15) is 11.3 Å². The van der Waals surface area contributed by atoms with Gasteiger partial charge in [-0.05, 0) is 41.3 Å². The first-order valence-electron chi connectivity index (χ1n) is 10.6. The molecule has 0 atom stereocenters. The number of aromatic nitrogens is 3. The zero-order valence-electron chi connectivity index (χ0n) is 17.1. The molecule has 0 aliphatic carbocycles. The zero-order valence-corrected chi connectivity index (χ0v) is 17.1. The third kappa shape index (κ3) is 2.16. The first kappa shape index (κ1) is 17.3. The largest absolute Gasteiger partial charge is 0.277 e. The molecular weight excluding hydrogens is 394 g/mol. The third-order valence-electron chi connectivity index (χ3n) is 6.29. The third-order valence-corrected chi connectivity index (χ3v) is 6.29. The molecule has 0 aliphatic heterocycles. The first-order chi connectivity index (χ1) is 15.8. The standard InChI is InChI=1S/C28H17N3O/c32-28-20-13-5-4-12-19(20)25(18-10-2-1-3-11-18)27-30-24-17-9-7-15-22(24)29-26(30)21-14-6-8-16-23(21)31(27)28/h1-17H. The molecule has 4 heteroatoms. The van der Waals surface area contributed by atoms with Crippen molar-refractivity contribution >= 4 is 44.0 Å². The Bertz CT molecular complexity index is 1900.